The molecule has 2 unspecified atom stereocenters. The molecule has 0 saturated carbocycles. The van der Waals surface area contributed by atoms with E-state index in [4.69, 9.17) is 9.47 Å². The van der Waals surface area contributed by atoms with Gasteiger partial charge < -0.3 is 40.7 Å². The van der Waals surface area contributed by atoms with Crippen LogP contribution in [0.3, 0.4) is 0 Å². The molecule has 0 saturated heterocycles. The minimum Gasteiger partial charge on any atom is -0.464 e. The number of amides is 4. The molecular weight excluding hydrogens is 620 g/mol. The van der Waals surface area contributed by atoms with E-state index in [-0.39, 0.29) is 39.1 Å². The van der Waals surface area contributed by atoms with Crippen LogP contribution in [0.1, 0.15) is 38.8 Å². The summed E-state index contributed by atoms with van der Waals surface area (Å²) in [6, 6.07) is 12.8. The summed E-state index contributed by atoms with van der Waals surface area (Å²) in [5, 5.41) is 11.8. The van der Waals surface area contributed by atoms with Gasteiger partial charge in [0.25, 0.3) is 0 Å². The fourth-order valence-corrected chi connectivity index (χ4v) is 5.43. The Labute approximate surface area is 276 Å². The number of benzene rings is 2. The molecule has 0 aliphatic carbocycles. The van der Waals surface area contributed by atoms with Crippen molar-refractivity contribution in [2.75, 3.05) is 26.3 Å². The molecular formula is C34H40N6O8. The molecule has 6 N–H and O–H groups in total. The van der Waals surface area contributed by atoms with Gasteiger partial charge in [-0.1, -0.05) is 36.4 Å². The van der Waals surface area contributed by atoms with Crippen LogP contribution in [0.2, 0.25) is 0 Å². The fraction of sp³-hybridized carbons (Fsp3) is 0.353. The summed E-state index contributed by atoms with van der Waals surface area (Å²) in [6.07, 6.45) is 0.0428. The quantitative estimate of drug-likeness (QED) is 0.104. The number of hydrogen-bond acceptors (Lipinski definition) is 8. The number of rotatable bonds is 15. The van der Waals surface area contributed by atoms with E-state index in [1.807, 2.05) is 48.5 Å². The molecule has 2 heterocycles. The largest absolute Gasteiger partial charge is 0.464 e. The van der Waals surface area contributed by atoms with Gasteiger partial charge in [0.05, 0.1) is 37.7 Å². The Morgan fingerprint density at radius 1 is 0.625 bits per heavy atom. The maximum absolute atomic E-state index is 13.2. The Balaban J connectivity index is 1.82. The number of fused-ring (bicyclic) bond motifs is 2. The van der Waals surface area contributed by atoms with E-state index in [9.17, 15) is 28.8 Å². The van der Waals surface area contributed by atoms with Gasteiger partial charge >= 0.3 is 11.9 Å². The molecule has 4 aromatic rings. The molecule has 254 valence electrons. The highest BCUT2D eigenvalue weighted by molar-refractivity contribution is 5.98. The number of esters is 2. The lowest BCUT2D eigenvalue weighted by molar-refractivity contribution is -0.147. The second-order valence-corrected chi connectivity index (χ2v) is 11.0. The molecule has 0 aliphatic rings. The molecule has 48 heavy (non-hydrogen) atoms. The zero-order valence-corrected chi connectivity index (χ0v) is 27.3. The summed E-state index contributed by atoms with van der Waals surface area (Å²) in [5.74, 6) is -3.21. The minimum absolute atomic E-state index is 0.0214. The monoisotopic (exact) mass is 660 g/mol. The first-order valence-electron chi connectivity index (χ1n) is 15.6. The van der Waals surface area contributed by atoms with Crippen molar-refractivity contribution in [1.82, 2.24) is 31.2 Å². The average Bonchev–Trinajstić information content (AvgIpc) is 3.60. The van der Waals surface area contributed by atoms with E-state index >= 15 is 0 Å². The van der Waals surface area contributed by atoms with Crippen LogP contribution >= 0.6 is 0 Å². The maximum Gasteiger partial charge on any atom is 0.328 e. The molecule has 0 aliphatic heterocycles. The first-order valence-corrected chi connectivity index (χ1v) is 15.6. The van der Waals surface area contributed by atoms with Crippen molar-refractivity contribution in [3.05, 3.63) is 59.7 Å². The maximum atomic E-state index is 13.2. The van der Waals surface area contributed by atoms with Gasteiger partial charge in [0, 0.05) is 48.5 Å². The molecule has 0 radical (unpaired) electrons. The summed E-state index contributed by atoms with van der Waals surface area (Å²) in [5.41, 5.74) is 4.06. The summed E-state index contributed by atoms with van der Waals surface area (Å²) < 4.78 is 10.6. The smallest absolute Gasteiger partial charge is 0.328 e. The molecule has 2 atom stereocenters. The number of para-hydroxylation sites is 2. The zero-order chi connectivity index (χ0) is 34.8. The highest BCUT2D eigenvalue weighted by Gasteiger charge is 2.30. The SMILES string of the molecule is CCOC(=O)C(Cc1c(-c2[nH]c3ccccc3c2CC(NC(=O)CNC(C)=O)C(=O)OCC)[nH]c2ccccc12)NC(=O)CNC(C)=O. The van der Waals surface area contributed by atoms with Crippen molar-refractivity contribution < 1.29 is 38.2 Å². The Morgan fingerprint density at radius 2 is 1.00 bits per heavy atom. The van der Waals surface area contributed by atoms with Crippen LogP contribution in [0.25, 0.3) is 33.2 Å². The Bertz CT molecular complexity index is 1690. The third-order valence-corrected chi connectivity index (χ3v) is 7.50. The van der Waals surface area contributed by atoms with Gasteiger partial charge in [0.1, 0.15) is 12.1 Å². The number of aromatic amines is 2. The average molecular weight is 661 g/mol. The van der Waals surface area contributed by atoms with Crippen molar-refractivity contribution >= 4 is 57.4 Å². The number of aromatic nitrogens is 2. The van der Waals surface area contributed by atoms with Crippen molar-refractivity contribution in [2.24, 2.45) is 0 Å². The molecule has 2 aromatic carbocycles. The number of carbonyl (C=O) groups is 6. The molecule has 0 bridgehead atoms. The Hall–Kier alpha value is -5.66. The number of ether oxygens (including phenoxy) is 2. The minimum atomic E-state index is -1.10. The summed E-state index contributed by atoms with van der Waals surface area (Å²) in [6.45, 7) is 5.44. The predicted octanol–water partition coefficient (Wildman–Crippen LogP) is 1.77. The van der Waals surface area contributed by atoms with E-state index < -0.39 is 47.7 Å². The number of H-pyrrole nitrogens is 2. The van der Waals surface area contributed by atoms with Gasteiger partial charge in [-0.05, 0) is 37.1 Å². The van der Waals surface area contributed by atoms with Gasteiger partial charge in [-0.2, -0.15) is 0 Å². The summed E-state index contributed by atoms with van der Waals surface area (Å²) in [4.78, 5) is 81.5. The number of hydrogen-bond donors (Lipinski definition) is 6. The second-order valence-electron chi connectivity index (χ2n) is 11.0. The Morgan fingerprint density at radius 3 is 1.35 bits per heavy atom. The van der Waals surface area contributed by atoms with Crippen LogP contribution in [-0.4, -0.2) is 83.9 Å². The van der Waals surface area contributed by atoms with Crippen LogP contribution in [0.4, 0.5) is 0 Å². The van der Waals surface area contributed by atoms with Crippen molar-refractivity contribution in [3.63, 3.8) is 0 Å². The van der Waals surface area contributed by atoms with Crippen LogP contribution < -0.4 is 21.3 Å². The highest BCUT2D eigenvalue weighted by Crippen LogP contribution is 2.37. The second kappa shape index (κ2) is 16.3. The molecule has 4 amide bonds. The van der Waals surface area contributed by atoms with Gasteiger partial charge in [0.15, 0.2) is 0 Å². The zero-order valence-electron chi connectivity index (χ0n) is 27.3. The summed E-state index contributed by atoms with van der Waals surface area (Å²) >= 11 is 0. The Kier molecular flexibility index (Phi) is 11.9. The van der Waals surface area contributed by atoms with Crippen LogP contribution in [0.15, 0.2) is 48.5 Å². The molecule has 4 rings (SSSR count). The van der Waals surface area contributed by atoms with Crippen molar-refractivity contribution in [1.29, 1.82) is 0 Å². The molecule has 0 spiro atoms. The lowest BCUT2D eigenvalue weighted by atomic mass is 9.96. The topological polar surface area (TPSA) is 201 Å². The number of nitrogens with one attached hydrogen (secondary N) is 6. The van der Waals surface area contributed by atoms with E-state index in [1.54, 1.807) is 13.8 Å². The third kappa shape index (κ3) is 8.78. The van der Waals surface area contributed by atoms with Crippen LogP contribution in [0, 0.1) is 0 Å². The molecule has 0 fully saturated rings. The molecule has 2 aromatic heterocycles. The van der Waals surface area contributed by atoms with Crippen molar-refractivity contribution in [2.45, 2.75) is 52.6 Å². The van der Waals surface area contributed by atoms with Crippen molar-refractivity contribution in [3.8, 4) is 11.4 Å². The fourth-order valence-electron chi connectivity index (χ4n) is 5.43. The third-order valence-electron chi connectivity index (χ3n) is 7.50. The van der Waals surface area contributed by atoms with E-state index in [1.165, 1.54) is 13.8 Å². The van der Waals surface area contributed by atoms with Gasteiger partial charge in [-0.3, -0.25) is 19.2 Å². The first kappa shape index (κ1) is 35.2. The standard InChI is InChI=1S/C34H40N6O8/c1-5-47-33(45)27(37-29(43)17-35-19(3)41)15-23-21-11-7-9-13-25(21)39-31(23)32-24(22-12-8-10-14-26(22)40-32)16-28(34(46)48-6-2)38-30(44)18-36-20(4)42/h7-14,27-28,39-40H,5-6,15-18H2,1-4H3,(H,35,41)(H,36,42)(H,37,43)(H,38,44). The highest BCUT2D eigenvalue weighted by atomic mass is 16.5. The van der Waals surface area contributed by atoms with Gasteiger partial charge in [0.2, 0.25) is 23.6 Å². The lowest BCUT2D eigenvalue weighted by Gasteiger charge is -2.19. The van der Waals surface area contributed by atoms with Crippen LogP contribution in [0.5, 0.6) is 0 Å². The first-order chi connectivity index (χ1) is 23.0. The van der Waals surface area contributed by atoms with E-state index in [0.717, 1.165) is 21.8 Å². The molecule has 14 nitrogen and oxygen atoms in total. The number of carbonyl (C=O) groups excluding carboxylic acids is 6. The summed E-state index contributed by atoms with van der Waals surface area (Å²) in [7, 11) is 0. The van der Waals surface area contributed by atoms with E-state index in [2.05, 4.69) is 31.2 Å². The normalized spacial score (nSPS) is 12.2. The molecule has 14 heteroatoms. The predicted molar refractivity (Wildman–Crippen MR) is 177 cm³/mol. The van der Waals surface area contributed by atoms with Crippen LogP contribution in [-0.2, 0) is 51.1 Å². The van der Waals surface area contributed by atoms with E-state index in [0.29, 0.717) is 22.5 Å². The lowest BCUT2D eigenvalue weighted by Crippen LogP contribution is -2.47. The van der Waals surface area contributed by atoms with Gasteiger partial charge in [-0.25, -0.2) is 9.59 Å². The van der Waals surface area contributed by atoms with Gasteiger partial charge in [-0.15, -0.1) is 0 Å².